The molecule has 6 heteroatoms. The van der Waals surface area contributed by atoms with Crippen molar-refractivity contribution >= 4 is 11.5 Å². The van der Waals surface area contributed by atoms with Gasteiger partial charge in [-0.2, -0.15) is 0 Å². The lowest BCUT2D eigenvalue weighted by atomic mass is 10.0. The molecule has 0 aromatic carbocycles. The van der Waals surface area contributed by atoms with Crippen LogP contribution in [0.3, 0.4) is 0 Å². The number of nitrogens with zero attached hydrogens (tertiary/aromatic N) is 3. The van der Waals surface area contributed by atoms with E-state index in [1.54, 1.807) is 12.3 Å². The molecule has 2 rings (SSSR count). The monoisotopic (exact) mass is 236 g/mol. The first-order valence-corrected chi connectivity index (χ1v) is 5.80. The highest BCUT2D eigenvalue weighted by Gasteiger charge is 2.27. The van der Waals surface area contributed by atoms with E-state index in [0.717, 1.165) is 25.8 Å². The Labute approximate surface area is 99.6 Å². The molecule has 0 saturated carbocycles. The molecule has 0 spiro atoms. The number of piperidine rings is 1. The van der Waals surface area contributed by atoms with Crippen LogP contribution in [0.2, 0.25) is 0 Å². The van der Waals surface area contributed by atoms with Gasteiger partial charge in [-0.05, 0) is 25.3 Å². The summed E-state index contributed by atoms with van der Waals surface area (Å²) in [7, 11) is 0. The fourth-order valence-corrected chi connectivity index (χ4v) is 2.28. The van der Waals surface area contributed by atoms with Gasteiger partial charge in [0.25, 0.3) is 0 Å². The van der Waals surface area contributed by atoms with Crippen molar-refractivity contribution in [1.82, 2.24) is 4.98 Å². The lowest BCUT2D eigenvalue weighted by Crippen LogP contribution is -2.44. The summed E-state index contributed by atoms with van der Waals surface area (Å²) in [5, 5.41) is 11.0. The molecule has 1 atom stereocenters. The van der Waals surface area contributed by atoms with Gasteiger partial charge >= 0.3 is 5.69 Å². The normalized spacial score (nSPS) is 20.3. The third-order valence-corrected chi connectivity index (χ3v) is 3.13. The zero-order valence-electron chi connectivity index (χ0n) is 9.58. The molecule has 1 saturated heterocycles. The Kier molecular flexibility index (Phi) is 3.53. The summed E-state index contributed by atoms with van der Waals surface area (Å²) in [6.07, 6.45) is 4.72. The van der Waals surface area contributed by atoms with Gasteiger partial charge in [0.05, 0.1) is 4.92 Å². The summed E-state index contributed by atoms with van der Waals surface area (Å²) in [6.45, 7) is 1.30. The van der Waals surface area contributed by atoms with E-state index in [-0.39, 0.29) is 16.7 Å². The van der Waals surface area contributed by atoms with Crippen molar-refractivity contribution in [3.63, 3.8) is 0 Å². The minimum absolute atomic E-state index is 0.0628. The largest absolute Gasteiger partial charge is 0.347 e. The number of pyridine rings is 1. The summed E-state index contributed by atoms with van der Waals surface area (Å²) in [5.74, 6) is 0.452. The van der Waals surface area contributed by atoms with Crippen LogP contribution >= 0.6 is 0 Å². The van der Waals surface area contributed by atoms with Crippen LogP contribution in [0.5, 0.6) is 0 Å². The molecule has 2 heterocycles. The van der Waals surface area contributed by atoms with Crippen LogP contribution in [0.4, 0.5) is 11.5 Å². The molecule has 0 unspecified atom stereocenters. The van der Waals surface area contributed by atoms with Crippen molar-refractivity contribution in [3.8, 4) is 0 Å². The standard InChI is InChI=1S/C11H16N4O2/c12-8-9-4-1-2-7-14(9)11-10(15(16)17)5-3-6-13-11/h3,5-6,9H,1-2,4,7-8,12H2/t9-/m0/s1. The SMILES string of the molecule is NC[C@@H]1CCCCN1c1ncccc1[N+](=O)[O-]. The quantitative estimate of drug-likeness (QED) is 0.631. The summed E-state index contributed by atoms with van der Waals surface area (Å²) >= 11 is 0. The van der Waals surface area contributed by atoms with Crippen molar-refractivity contribution in [2.24, 2.45) is 5.73 Å². The molecule has 17 heavy (non-hydrogen) atoms. The van der Waals surface area contributed by atoms with Gasteiger partial charge in [-0.15, -0.1) is 0 Å². The summed E-state index contributed by atoms with van der Waals surface area (Å²) in [6, 6.07) is 3.24. The second-order valence-corrected chi connectivity index (χ2v) is 4.18. The van der Waals surface area contributed by atoms with Crippen molar-refractivity contribution in [3.05, 3.63) is 28.4 Å². The second-order valence-electron chi connectivity index (χ2n) is 4.18. The van der Waals surface area contributed by atoms with Gasteiger partial charge in [0.15, 0.2) is 0 Å². The van der Waals surface area contributed by atoms with E-state index in [9.17, 15) is 10.1 Å². The van der Waals surface area contributed by atoms with Gasteiger partial charge < -0.3 is 10.6 Å². The number of hydrogen-bond donors (Lipinski definition) is 1. The number of aromatic nitrogens is 1. The highest BCUT2D eigenvalue weighted by atomic mass is 16.6. The zero-order chi connectivity index (χ0) is 12.3. The fraction of sp³-hybridized carbons (Fsp3) is 0.545. The smallest absolute Gasteiger partial charge is 0.311 e. The first-order chi connectivity index (χ1) is 8.24. The van der Waals surface area contributed by atoms with Crippen LogP contribution in [-0.4, -0.2) is 29.0 Å². The highest BCUT2D eigenvalue weighted by Crippen LogP contribution is 2.29. The number of anilines is 1. The van der Waals surface area contributed by atoms with Crippen molar-refractivity contribution < 1.29 is 4.92 Å². The van der Waals surface area contributed by atoms with Gasteiger partial charge in [-0.25, -0.2) is 4.98 Å². The predicted octanol–water partition coefficient (Wildman–Crippen LogP) is 1.31. The molecule has 0 radical (unpaired) electrons. The number of nitro groups is 1. The summed E-state index contributed by atoms with van der Waals surface area (Å²) in [4.78, 5) is 16.7. The first kappa shape index (κ1) is 11.8. The maximum absolute atomic E-state index is 11.0. The van der Waals surface area contributed by atoms with E-state index in [0.29, 0.717) is 12.4 Å². The third-order valence-electron chi connectivity index (χ3n) is 3.13. The molecule has 1 aliphatic rings. The summed E-state index contributed by atoms with van der Waals surface area (Å²) < 4.78 is 0. The van der Waals surface area contributed by atoms with E-state index in [2.05, 4.69) is 4.98 Å². The van der Waals surface area contributed by atoms with Gasteiger partial charge in [-0.3, -0.25) is 10.1 Å². The molecule has 0 aliphatic carbocycles. The number of hydrogen-bond acceptors (Lipinski definition) is 5. The van der Waals surface area contributed by atoms with Gasteiger partial charge in [0, 0.05) is 31.4 Å². The molecule has 1 fully saturated rings. The van der Waals surface area contributed by atoms with Crippen molar-refractivity contribution in [1.29, 1.82) is 0 Å². The lowest BCUT2D eigenvalue weighted by Gasteiger charge is -2.35. The molecule has 92 valence electrons. The molecule has 6 nitrogen and oxygen atoms in total. The Morgan fingerprint density at radius 3 is 3.12 bits per heavy atom. The van der Waals surface area contributed by atoms with Crippen LogP contribution in [0.15, 0.2) is 18.3 Å². The van der Waals surface area contributed by atoms with Gasteiger partial charge in [0.2, 0.25) is 5.82 Å². The zero-order valence-corrected chi connectivity index (χ0v) is 9.58. The Bertz CT molecular complexity index is 410. The Morgan fingerprint density at radius 1 is 1.59 bits per heavy atom. The fourth-order valence-electron chi connectivity index (χ4n) is 2.28. The van der Waals surface area contributed by atoms with Crippen LogP contribution in [0.1, 0.15) is 19.3 Å². The Morgan fingerprint density at radius 2 is 2.41 bits per heavy atom. The van der Waals surface area contributed by atoms with E-state index in [1.807, 2.05) is 4.90 Å². The van der Waals surface area contributed by atoms with Gasteiger partial charge in [-0.1, -0.05) is 0 Å². The first-order valence-electron chi connectivity index (χ1n) is 5.80. The Balaban J connectivity index is 2.34. The highest BCUT2D eigenvalue weighted by molar-refractivity contribution is 5.58. The van der Waals surface area contributed by atoms with Crippen molar-refractivity contribution in [2.75, 3.05) is 18.0 Å². The average molecular weight is 236 g/mol. The molecule has 1 aromatic rings. The summed E-state index contributed by atoms with van der Waals surface area (Å²) in [5.41, 5.74) is 5.78. The number of rotatable bonds is 3. The topological polar surface area (TPSA) is 85.3 Å². The van der Waals surface area contributed by atoms with E-state index < -0.39 is 0 Å². The average Bonchev–Trinajstić information content (AvgIpc) is 2.38. The minimum atomic E-state index is -0.384. The minimum Gasteiger partial charge on any atom is -0.347 e. The van der Waals surface area contributed by atoms with Crippen LogP contribution in [-0.2, 0) is 0 Å². The molecule has 0 bridgehead atoms. The predicted molar refractivity (Wildman–Crippen MR) is 64.9 cm³/mol. The Hall–Kier alpha value is -1.69. The third kappa shape index (κ3) is 2.36. The van der Waals surface area contributed by atoms with Crippen LogP contribution in [0.25, 0.3) is 0 Å². The van der Waals surface area contributed by atoms with E-state index in [4.69, 9.17) is 5.73 Å². The number of nitrogens with two attached hydrogens (primary N) is 1. The van der Waals surface area contributed by atoms with E-state index >= 15 is 0 Å². The van der Waals surface area contributed by atoms with Crippen LogP contribution in [0, 0.1) is 10.1 Å². The molecular formula is C11H16N4O2. The maximum atomic E-state index is 11.0. The lowest BCUT2D eigenvalue weighted by molar-refractivity contribution is -0.384. The van der Waals surface area contributed by atoms with Crippen LogP contribution < -0.4 is 10.6 Å². The van der Waals surface area contributed by atoms with Gasteiger partial charge in [0.1, 0.15) is 0 Å². The maximum Gasteiger partial charge on any atom is 0.311 e. The molecule has 2 N–H and O–H groups in total. The molecule has 1 aromatic heterocycles. The molecule has 1 aliphatic heterocycles. The molecule has 0 amide bonds. The van der Waals surface area contributed by atoms with Crippen molar-refractivity contribution in [2.45, 2.75) is 25.3 Å². The molecular weight excluding hydrogens is 220 g/mol. The second kappa shape index (κ2) is 5.09. The van der Waals surface area contributed by atoms with E-state index in [1.165, 1.54) is 6.07 Å².